The van der Waals surface area contributed by atoms with Gasteiger partial charge in [0.25, 0.3) is 0 Å². The van der Waals surface area contributed by atoms with E-state index in [9.17, 15) is 4.79 Å². The molecule has 0 spiro atoms. The van der Waals surface area contributed by atoms with Crippen LogP contribution in [0, 0.1) is 17.8 Å². The molecule has 3 aliphatic carbocycles. The summed E-state index contributed by atoms with van der Waals surface area (Å²) in [6.07, 6.45) is 9.06. The molecule has 118 valence electrons. The van der Waals surface area contributed by atoms with Crippen LogP contribution < -0.4 is 10.6 Å². The number of hydrogen-bond donors (Lipinski definition) is 2. The predicted molar refractivity (Wildman–Crippen MR) is 89.0 cm³/mol. The third kappa shape index (κ3) is 2.62. The van der Waals surface area contributed by atoms with Gasteiger partial charge in [-0.3, -0.25) is 0 Å². The Labute approximate surface area is 132 Å². The number of nitrogens with one attached hydrogen (secondary N) is 2. The van der Waals surface area contributed by atoms with E-state index in [1.54, 1.807) is 0 Å². The van der Waals surface area contributed by atoms with Gasteiger partial charge >= 0.3 is 6.03 Å². The number of hydrogen-bond acceptors (Lipinski definition) is 1. The van der Waals surface area contributed by atoms with Crippen molar-refractivity contribution in [2.75, 3.05) is 5.32 Å². The van der Waals surface area contributed by atoms with Crippen molar-refractivity contribution in [1.29, 1.82) is 0 Å². The van der Waals surface area contributed by atoms with Crippen molar-refractivity contribution in [1.82, 2.24) is 5.32 Å². The number of benzene rings is 1. The Bertz CT molecular complexity index is 583. The number of anilines is 1. The number of fused-ring (bicyclic) bond motifs is 3. The first-order valence-electron chi connectivity index (χ1n) is 8.88. The van der Waals surface area contributed by atoms with Gasteiger partial charge < -0.3 is 10.6 Å². The molecule has 0 radical (unpaired) electrons. The SMILES string of the molecule is C[C@H](NC(=O)Nc1ccc2c(c1)CCC2)[C@@H]1C[C@@H]2CC[C@@H]1C2. The molecular weight excluding hydrogens is 272 g/mol. The standard InChI is InChI=1S/C19H26N2O/c1-12(18-10-13-5-6-16(18)9-13)20-19(22)21-17-8-7-14-3-2-4-15(14)11-17/h7-8,11-13,16,18H,2-6,9-10H2,1H3,(H2,20,21,22)/t12-,13+,16+,18-/m0/s1. The van der Waals surface area contributed by atoms with E-state index in [0.29, 0.717) is 5.92 Å². The Balaban J connectivity index is 1.34. The lowest BCUT2D eigenvalue weighted by atomic mass is 9.84. The summed E-state index contributed by atoms with van der Waals surface area (Å²) in [6, 6.07) is 6.57. The minimum atomic E-state index is -0.0479. The minimum absolute atomic E-state index is 0.0479. The molecule has 0 aromatic heterocycles. The van der Waals surface area contributed by atoms with Crippen molar-refractivity contribution < 1.29 is 4.79 Å². The molecule has 2 saturated carbocycles. The maximum atomic E-state index is 12.3. The van der Waals surface area contributed by atoms with E-state index in [2.05, 4.69) is 29.7 Å². The fourth-order valence-electron chi connectivity index (χ4n) is 5.04. The van der Waals surface area contributed by atoms with Gasteiger partial charge in [-0.05, 0) is 86.5 Å². The molecule has 2 N–H and O–H groups in total. The molecule has 2 fully saturated rings. The van der Waals surface area contributed by atoms with Gasteiger partial charge in [-0.25, -0.2) is 4.79 Å². The summed E-state index contributed by atoms with van der Waals surface area (Å²) in [5.41, 5.74) is 3.78. The fourth-order valence-corrected chi connectivity index (χ4v) is 5.04. The first kappa shape index (κ1) is 14.1. The second-order valence-corrected chi connectivity index (χ2v) is 7.56. The molecule has 0 heterocycles. The molecule has 4 rings (SSSR count). The lowest BCUT2D eigenvalue weighted by molar-refractivity contribution is 0.230. The van der Waals surface area contributed by atoms with E-state index in [0.717, 1.165) is 23.9 Å². The van der Waals surface area contributed by atoms with Gasteiger partial charge in [0.05, 0.1) is 0 Å². The van der Waals surface area contributed by atoms with Gasteiger partial charge in [0.15, 0.2) is 0 Å². The van der Waals surface area contributed by atoms with Crippen LogP contribution in [0.2, 0.25) is 0 Å². The van der Waals surface area contributed by atoms with E-state index in [1.165, 1.54) is 49.7 Å². The zero-order valence-corrected chi connectivity index (χ0v) is 13.4. The maximum Gasteiger partial charge on any atom is 0.319 e. The fraction of sp³-hybridized carbons (Fsp3) is 0.632. The topological polar surface area (TPSA) is 41.1 Å². The summed E-state index contributed by atoms with van der Waals surface area (Å²) in [4.78, 5) is 12.3. The summed E-state index contributed by atoms with van der Waals surface area (Å²) < 4.78 is 0. The lowest BCUT2D eigenvalue weighted by Crippen LogP contribution is -2.42. The van der Waals surface area contributed by atoms with Crippen LogP contribution in [0.4, 0.5) is 10.5 Å². The maximum absolute atomic E-state index is 12.3. The quantitative estimate of drug-likeness (QED) is 0.866. The normalized spacial score (nSPS) is 30.1. The van der Waals surface area contributed by atoms with E-state index in [1.807, 2.05) is 6.07 Å². The van der Waals surface area contributed by atoms with Crippen LogP contribution in [0.1, 0.15) is 50.2 Å². The zero-order chi connectivity index (χ0) is 15.1. The van der Waals surface area contributed by atoms with Crippen LogP contribution in [-0.2, 0) is 12.8 Å². The number of rotatable bonds is 3. The van der Waals surface area contributed by atoms with Gasteiger partial charge in [-0.2, -0.15) is 0 Å². The van der Waals surface area contributed by atoms with Gasteiger partial charge in [0, 0.05) is 11.7 Å². The van der Waals surface area contributed by atoms with Crippen molar-refractivity contribution in [3.8, 4) is 0 Å². The summed E-state index contributed by atoms with van der Waals surface area (Å²) in [5, 5.41) is 6.19. The van der Waals surface area contributed by atoms with Crippen LogP contribution in [0.5, 0.6) is 0 Å². The van der Waals surface area contributed by atoms with Crippen molar-refractivity contribution in [3.63, 3.8) is 0 Å². The highest BCUT2D eigenvalue weighted by molar-refractivity contribution is 5.89. The summed E-state index contributed by atoms with van der Waals surface area (Å²) >= 11 is 0. The van der Waals surface area contributed by atoms with Crippen LogP contribution >= 0.6 is 0 Å². The van der Waals surface area contributed by atoms with E-state index in [-0.39, 0.29) is 12.1 Å². The molecule has 0 saturated heterocycles. The Morgan fingerprint density at radius 1 is 1.18 bits per heavy atom. The molecule has 3 nitrogen and oxygen atoms in total. The second kappa shape index (κ2) is 5.60. The van der Waals surface area contributed by atoms with Crippen LogP contribution in [-0.4, -0.2) is 12.1 Å². The van der Waals surface area contributed by atoms with Crippen molar-refractivity contribution in [2.45, 2.75) is 57.9 Å². The Kier molecular flexibility index (Phi) is 3.59. The van der Waals surface area contributed by atoms with E-state index in [4.69, 9.17) is 0 Å². The first-order chi connectivity index (χ1) is 10.7. The van der Waals surface area contributed by atoms with Crippen LogP contribution in [0.3, 0.4) is 0 Å². The molecule has 0 aliphatic heterocycles. The Hall–Kier alpha value is -1.51. The first-order valence-corrected chi connectivity index (χ1v) is 8.88. The van der Waals surface area contributed by atoms with Gasteiger partial charge in [-0.15, -0.1) is 0 Å². The van der Waals surface area contributed by atoms with Crippen LogP contribution in [0.15, 0.2) is 18.2 Å². The highest BCUT2D eigenvalue weighted by atomic mass is 16.2. The minimum Gasteiger partial charge on any atom is -0.335 e. The van der Waals surface area contributed by atoms with Gasteiger partial charge in [0.2, 0.25) is 0 Å². The predicted octanol–water partition coefficient (Wildman–Crippen LogP) is 4.12. The third-order valence-corrected chi connectivity index (χ3v) is 6.15. The Morgan fingerprint density at radius 3 is 2.82 bits per heavy atom. The van der Waals surface area contributed by atoms with Crippen LogP contribution in [0.25, 0.3) is 0 Å². The molecule has 1 aromatic carbocycles. The second-order valence-electron chi connectivity index (χ2n) is 7.56. The summed E-state index contributed by atoms with van der Waals surface area (Å²) in [7, 11) is 0. The average molecular weight is 298 g/mol. The molecule has 3 heteroatoms. The van der Waals surface area contributed by atoms with Gasteiger partial charge in [-0.1, -0.05) is 12.5 Å². The molecular formula is C19H26N2O. The van der Waals surface area contributed by atoms with Crippen molar-refractivity contribution >= 4 is 11.7 Å². The number of urea groups is 1. The third-order valence-electron chi connectivity index (χ3n) is 6.15. The number of amides is 2. The number of carbonyl (C=O) groups excluding carboxylic acids is 1. The molecule has 22 heavy (non-hydrogen) atoms. The molecule has 3 aliphatic rings. The van der Waals surface area contributed by atoms with Crippen molar-refractivity contribution in [2.24, 2.45) is 17.8 Å². The molecule has 1 aromatic rings. The van der Waals surface area contributed by atoms with E-state index < -0.39 is 0 Å². The monoisotopic (exact) mass is 298 g/mol. The van der Waals surface area contributed by atoms with Gasteiger partial charge in [0.1, 0.15) is 0 Å². The molecule has 4 atom stereocenters. The lowest BCUT2D eigenvalue weighted by Gasteiger charge is -2.28. The average Bonchev–Trinajstić information content (AvgIpc) is 3.22. The highest BCUT2D eigenvalue weighted by Gasteiger charge is 2.42. The highest BCUT2D eigenvalue weighted by Crippen LogP contribution is 2.49. The number of carbonyl (C=O) groups is 1. The van der Waals surface area contributed by atoms with E-state index >= 15 is 0 Å². The largest absolute Gasteiger partial charge is 0.335 e. The number of aryl methyl sites for hydroxylation is 2. The summed E-state index contributed by atoms with van der Waals surface area (Å²) in [5.74, 6) is 2.46. The van der Waals surface area contributed by atoms with Crippen molar-refractivity contribution in [3.05, 3.63) is 29.3 Å². The smallest absolute Gasteiger partial charge is 0.319 e. The Morgan fingerprint density at radius 2 is 2.05 bits per heavy atom. The molecule has 0 unspecified atom stereocenters. The molecule has 2 bridgehead atoms. The molecule has 2 amide bonds. The summed E-state index contributed by atoms with van der Waals surface area (Å²) in [6.45, 7) is 2.17. The zero-order valence-electron chi connectivity index (χ0n) is 13.4.